The normalized spacial score (nSPS) is 13.0. The lowest BCUT2D eigenvalue weighted by atomic mass is 9.95. The first-order chi connectivity index (χ1) is 8.04. The number of rotatable bonds is 6. The summed E-state index contributed by atoms with van der Waals surface area (Å²) >= 11 is 0. The summed E-state index contributed by atoms with van der Waals surface area (Å²) < 4.78 is 5.05. The fourth-order valence-corrected chi connectivity index (χ4v) is 1.91. The summed E-state index contributed by atoms with van der Waals surface area (Å²) in [5.74, 6) is 0.811. The molecule has 3 nitrogen and oxygen atoms in total. The third kappa shape index (κ3) is 4.36. The molecule has 17 heavy (non-hydrogen) atoms. The number of nitrogens with two attached hydrogens (primary N) is 1. The van der Waals surface area contributed by atoms with Gasteiger partial charge in [0.1, 0.15) is 5.75 Å². The van der Waals surface area contributed by atoms with Crippen LogP contribution in [0, 0.1) is 5.92 Å². The lowest BCUT2D eigenvalue weighted by Crippen LogP contribution is -2.13. The van der Waals surface area contributed by atoms with Crippen LogP contribution >= 0.6 is 0 Å². The highest BCUT2D eigenvalue weighted by Gasteiger charge is 2.13. The second-order valence-electron chi connectivity index (χ2n) is 4.87. The second-order valence-corrected chi connectivity index (χ2v) is 4.87. The zero-order valence-electron chi connectivity index (χ0n) is 10.9. The second kappa shape index (κ2) is 6.62. The predicted octanol–water partition coefficient (Wildman–Crippen LogP) is 2.63. The molecule has 0 heterocycles. The molecule has 3 N–H and O–H groups in total. The molecule has 0 aromatic heterocycles. The van der Waals surface area contributed by atoms with Crippen molar-refractivity contribution in [1.82, 2.24) is 0 Å². The number of methoxy groups -OCH3 is 1. The lowest BCUT2D eigenvalue weighted by Gasteiger charge is -2.17. The highest BCUT2D eigenvalue weighted by atomic mass is 16.5. The Morgan fingerprint density at radius 3 is 2.65 bits per heavy atom. The van der Waals surface area contributed by atoms with E-state index in [0.29, 0.717) is 18.3 Å². The monoisotopic (exact) mass is 237 g/mol. The standard InChI is InChI=1S/C14H23NO2/c1-10(2)8-13(15)12-9-11(6-7-17-3)4-5-14(12)16/h4-5,9-10,13,16H,6-8,15H2,1-3H3. The Morgan fingerprint density at radius 2 is 2.06 bits per heavy atom. The first-order valence-corrected chi connectivity index (χ1v) is 6.11. The number of aromatic hydroxyl groups is 1. The van der Waals surface area contributed by atoms with Gasteiger partial charge in [-0.15, -0.1) is 0 Å². The van der Waals surface area contributed by atoms with Gasteiger partial charge < -0.3 is 15.6 Å². The molecule has 0 spiro atoms. The number of phenolic OH excluding ortho intramolecular Hbond substituents is 1. The molecule has 1 rings (SSSR count). The molecular weight excluding hydrogens is 214 g/mol. The van der Waals surface area contributed by atoms with E-state index in [-0.39, 0.29) is 6.04 Å². The Balaban J connectivity index is 2.81. The van der Waals surface area contributed by atoms with Crippen LogP contribution in [-0.4, -0.2) is 18.8 Å². The molecule has 0 aliphatic rings. The van der Waals surface area contributed by atoms with Crippen molar-refractivity contribution >= 4 is 0 Å². The van der Waals surface area contributed by atoms with Gasteiger partial charge in [0, 0.05) is 18.7 Å². The van der Waals surface area contributed by atoms with E-state index in [2.05, 4.69) is 13.8 Å². The molecule has 0 aliphatic heterocycles. The minimum Gasteiger partial charge on any atom is -0.508 e. The van der Waals surface area contributed by atoms with Crippen LogP contribution in [0.5, 0.6) is 5.75 Å². The summed E-state index contributed by atoms with van der Waals surface area (Å²) in [6, 6.07) is 5.53. The van der Waals surface area contributed by atoms with Crippen molar-refractivity contribution in [3.8, 4) is 5.75 Å². The first-order valence-electron chi connectivity index (χ1n) is 6.11. The molecule has 0 saturated carbocycles. The Bertz CT molecular complexity index is 350. The van der Waals surface area contributed by atoms with Gasteiger partial charge in [-0.25, -0.2) is 0 Å². The summed E-state index contributed by atoms with van der Waals surface area (Å²) in [5.41, 5.74) is 8.09. The Kier molecular flexibility index (Phi) is 5.45. The molecule has 0 saturated heterocycles. The zero-order valence-corrected chi connectivity index (χ0v) is 10.9. The van der Waals surface area contributed by atoms with Crippen LogP contribution in [0.4, 0.5) is 0 Å². The van der Waals surface area contributed by atoms with Gasteiger partial charge in [0.25, 0.3) is 0 Å². The summed E-state index contributed by atoms with van der Waals surface area (Å²) in [5, 5.41) is 9.83. The van der Waals surface area contributed by atoms with E-state index in [4.69, 9.17) is 10.5 Å². The van der Waals surface area contributed by atoms with E-state index in [9.17, 15) is 5.11 Å². The average Bonchev–Trinajstić information content (AvgIpc) is 2.27. The molecule has 0 aliphatic carbocycles. The number of hydrogen-bond donors (Lipinski definition) is 2. The maximum Gasteiger partial charge on any atom is 0.120 e. The van der Waals surface area contributed by atoms with Gasteiger partial charge in [-0.2, -0.15) is 0 Å². The molecular formula is C14H23NO2. The van der Waals surface area contributed by atoms with E-state index >= 15 is 0 Å². The molecule has 3 heteroatoms. The van der Waals surface area contributed by atoms with Gasteiger partial charge in [0.15, 0.2) is 0 Å². The third-order valence-corrected chi connectivity index (χ3v) is 2.81. The van der Waals surface area contributed by atoms with Gasteiger partial charge >= 0.3 is 0 Å². The van der Waals surface area contributed by atoms with Gasteiger partial charge in [-0.05, 0) is 30.4 Å². The Hall–Kier alpha value is -1.06. The highest BCUT2D eigenvalue weighted by molar-refractivity contribution is 5.38. The predicted molar refractivity (Wildman–Crippen MR) is 70.1 cm³/mol. The minimum absolute atomic E-state index is 0.0995. The fraction of sp³-hybridized carbons (Fsp3) is 0.571. The lowest BCUT2D eigenvalue weighted by molar-refractivity contribution is 0.202. The van der Waals surface area contributed by atoms with E-state index in [1.165, 1.54) is 0 Å². The van der Waals surface area contributed by atoms with E-state index in [1.807, 2.05) is 12.1 Å². The average molecular weight is 237 g/mol. The van der Waals surface area contributed by atoms with E-state index < -0.39 is 0 Å². The van der Waals surface area contributed by atoms with Crippen molar-refractivity contribution in [2.45, 2.75) is 32.7 Å². The van der Waals surface area contributed by atoms with Crippen LogP contribution in [0.3, 0.4) is 0 Å². The number of hydrogen-bond acceptors (Lipinski definition) is 3. The molecule has 1 unspecified atom stereocenters. The fourth-order valence-electron chi connectivity index (χ4n) is 1.91. The van der Waals surface area contributed by atoms with Crippen molar-refractivity contribution in [1.29, 1.82) is 0 Å². The molecule has 96 valence electrons. The van der Waals surface area contributed by atoms with Crippen LogP contribution in [0.2, 0.25) is 0 Å². The molecule has 0 radical (unpaired) electrons. The van der Waals surface area contributed by atoms with Crippen molar-refractivity contribution < 1.29 is 9.84 Å². The molecule has 1 aromatic carbocycles. The SMILES string of the molecule is COCCc1ccc(O)c(C(N)CC(C)C)c1. The van der Waals surface area contributed by atoms with Crippen molar-refractivity contribution in [3.63, 3.8) is 0 Å². The largest absolute Gasteiger partial charge is 0.508 e. The Morgan fingerprint density at radius 1 is 1.35 bits per heavy atom. The number of phenols is 1. The number of benzene rings is 1. The van der Waals surface area contributed by atoms with Crippen LogP contribution < -0.4 is 5.73 Å². The van der Waals surface area contributed by atoms with E-state index in [1.54, 1.807) is 13.2 Å². The minimum atomic E-state index is -0.0995. The molecule has 1 aromatic rings. The van der Waals surface area contributed by atoms with Crippen LogP contribution in [-0.2, 0) is 11.2 Å². The maximum atomic E-state index is 9.83. The summed E-state index contributed by atoms with van der Waals surface area (Å²) in [7, 11) is 1.69. The van der Waals surface area contributed by atoms with Gasteiger partial charge in [-0.3, -0.25) is 0 Å². The number of ether oxygens (including phenoxy) is 1. The summed E-state index contributed by atoms with van der Waals surface area (Å²) in [4.78, 5) is 0. The van der Waals surface area contributed by atoms with Crippen molar-refractivity contribution in [2.24, 2.45) is 11.7 Å². The molecule has 0 fully saturated rings. The van der Waals surface area contributed by atoms with Gasteiger partial charge in [0.05, 0.1) is 6.61 Å². The topological polar surface area (TPSA) is 55.5 Å². The van der Waals surface area contributed by atoms with Gasteiger partial charge in [-0.1, -0.05) is 26.0 Å². The molecule has 0 amide bonds. The van der Waals surface area contributed by atoms with Crippen LogP contribution in [0.1, 0.15) is 37.4 Å². The summed E-state index contributed by atoms with van der Waals surface area (Å²) in [6.07, 6.45) is 1.72. The van der Waals surface area contributed by atoms with E-state index in [0.717, 1.165) is 24.0 Å². The summed E-state index contributed by atoms with van der Waals surface area (Å²) in [6.45, 7) is 4.95. The molecule has 1 atom stereocenters. The smallest absolute Gasteiger partial charge is 0.120 e. The van der Waals surface area contributed by atoms with Crippen molar-refractivity contribution in [2.75, 3.05) is 13.7 Å². The van der Waals surface area contributed by atoms with Crippen molar-refractivity contribution in [3.05, 3.63) is 29.3 Å². The highest BCUT2D eigenvalue weighted by Crippen LogP contribution is 2.28. The van der Waals surface area contributed by atoms with Gasteiger partial charge in [0.2, 0.25) is 0 Å². The first kappa shape index (κ1) is 14.0. The quantitative estimate of drug-likeness (QED) is 0.799. The Labute approximate surface area is 104 Å². The zero-order chi connectivity index (χ0) is 12.8. The maximum absolute atomic E-state index is 9.83. The molecule has 0 bridgehead atoms. The third-order valence-electron chi connectivity index (χ3n) is 2.81. The van der Waals surface area contributed by atoms with Crippen LogP contribution in [0.15, 0.2) is 18.2 Å². The van der Waals surface area contributed by atoms with Crippen LogP contribution in [0.25, 0.3) is 0 Å².